The number of carbonyl (C=O) groups excluding carboxylic acids is 1. The predicted molar refractivity (Wildman–Crippen MR) is 112 cm³/mol. The van der Waals surface area contributed by atoms with Gasteiger partial charge in [-0.25, -0.2) is 13.8 Å². The van der Waals surface area contributed by atoms with Crippen LogP contribution in [0, 0.1) is 11.6 Å². The molecule has 1 unspecified atom stereocenters. The van der Waals surface area contributed by atoms with Crippen molar-refractivity contribution in [2.75, 3.05) is 6.54 Å². The van der Waals surface area contributed by atoms with Crippen LogP contribution in [0.4, 0.5) is 8.78 Å². The fourth-order valence-electron chi connectivity index (χ4n) is 4.17. The number of aromatic nitrogens is 2. The van der Waals surface area contributed by atoms with Gasteiger partial charge in [-0.05, 0) is 61.2 Å². The molecule has 5 rings (SSSR count). The number of carbonyl (C=O) groups is 1. The number of nitrogens with one attached hydrogen (secondary N) is 1. The number of piperidine rings is 1. The predicted octanol–water partition coefficient (Wildman–Crippen LogP) is 5.39. The SMILES string of the molecule is O=C(c1cc2cc(F)ccc2[nH]1)N1CCCCC1c1ncc(Cc2ccc(F)cc2)o1. The normalized spacial score (nSPS) is 16.7. The molecule has 0 spiro atoms. The van der Waals surface area contributed by atoms with Crippen LogP contribution in [0.25, 0.3) is 10.9 Å². The van der Waals surface area contributed by atoms with Gasteiger partial charge in [0.25, 0.3) is 5.91 Å². The molecular formula is C24H21F2N3O2. The summed E-state index contributed by atoms with van der Waals surface area (Å²) < 4.78 is 32.6. The first-order valence-corrected chi connectivity index (χ1v) is 10.3. The topological polar surface area (TPSA) is 62.1 Å². The zero-order chi connectivity index (χ0) is 21.4. The van der Waals surface area contributed by atoms with Crippen LogP contribution in [0.5, 0.6) is 0 Å². The number of nitrogens with zero attached hydrogens (tertiary/aromatic N) is 2. The lowest BCUT2D eigenvalue weighted by molar-refractivity contribution is 0.0565. The van der Waals surface area contributed by atoms with Gasteiger partial charge in [0, 0.05) is 23.9 Å². The van der Waals surface area contributed by atoms with Gasteiger partial charge in [0.05, 0.1) is 6.20 Å². The van der Waals surface area contributed by atoms with Crippen molar-refractivity contribution in [2.45, 2.75) is 31.7 Å². The zero-order valence-electron chi connectivity index (χ0n) is 16.8. The Morgan fingerprint density at radius 3 is 2.74 bits per heavy atom. The molecule has 7 heteroatoms. The van der Waals surface area contributed by atoms with Crippen LogP contribution in [0.15, 0.2) is 59.1 Å². The van der Waals surface area contributed by atoms with Crippen LogP contribution in [0.1, 0.15) is 53.0 Å². The fourth-order valence-corrected chi connectivity index (χ4v) is 4.17. The Kier molecular flexibility index (Phi) is 5.02. The number of aromatic amines is 1. The summed E-state index contributed by atoms with van der Waals surface area (Å²) >= 11 is 0. The number of amides is 1. The standard InChI is InChI=1S/C24H21F2N3O2/c25-17-6-4-15(5-7-17)11-19-14-27-23(31-19)22-3-1-2-10-29(22)24(30)21-13-16-12-18(26)8-9-20(16)28-21/h4-9,12-14,22,28H,1-3,10-11H2. The Bertz CT molecular complexity index is 1230. The van der Waals surface area contributed by atoms with Crippen LogP contribution in [-0.2, 0) is 6.42 Å². The van der Waals surface area contributed by atoms with Crippen LogP contribution >= 0.6 is 0 Å². The van der Waals surface area contributed by atoms with Crippen LogP contribution in [-0.4, -0.2) is 27.3 Å². The molecule has 1 amide bonds. The van der Waals surface area contributed by atoms with Gasteiger partial charge in [-0.1, -0.05) is 12.1 Å². The van der Waals surface area contributed by atoms with Crippen molar-refractivity contribution in [1.29, 1.82) is 0 Å². The lowest BCUT2D eigenvalue weighted by Crippen LogP contribution is -2.38. The molecular weight excluding hydrogens is 400 g/mol. The van der Waals surface area contributed by atoms with E-state index in [0.717, 1.165) is 30.3 Å². The number of oxazole rings is 1. The lowest BCUT2D eigenvalue weighted by Gasteiger charge is -2.33. The smallest absolute Gasteiger partial charge is 0.270 e. The van der Waals surface area contributed by atoms with Crippen molar-refractivity contribution >= 4 is 16.8 Å². The van der Waals surface area contributed by atoms with Crippen molar-refractivity contribution in [2.24, 2.45) is 0 Å². The van der Waals surface area contributed by atoms with Gasteiger partial charge in [0.15, 0.2) is 0 Å². The lowest BCUT2D eigenvalue weighted by atomic mass is 10.0. The quantitative estimate of drug-likeness (QED) is 0.480. The number of H-pyrrole nitrogens is 1. The van der Waals surface area contributed by atoms with Crippen LogP contribution in [0.3, 0.4) is 0 Å². The maximum absolute atomic E-state index is 13.5. The third kappa shape index (κ3) is 3.95. The number of fused-ring (bicyclic) bond motifs is 1. The van der Waals surface area contributed by atoms with Crippen molar-refractivity contribution in [1.82, 2.24) is 14.9 Å². The number of likely N-dealkylation sites (tertiary alicyclic amines) is 1. The molecule has 1 fully saturated rings. The maximum atomic E-state index is 13.5. The molecule has 1 saturated heterocycles. The third-order valence-corrected chi connectivity index (χ3v) is 5.72. The highest BCUT2D eigenvalue weighted by molar-refractivity contribution is 5.98. The van der Waals surface area contributed by atoms with E-state index in [9.17, 15) is 13.6 Å². The molecule has 2 aromatic carbocycles. The highest BCUT2D eigenvalue weighted by Gasteiger charge is 2.32. The van der Waals surface area contributed by atoms with Gasteiger partial charge in [0.1, 0.15) is 29.1 Å². The van der Waals surface area contributed by atoms with Gasteiger partial charge >= 0.3 is 0 Å². The minimum Gasteiger partial charge on any atom is -0.443 e. The summed E-state index contributed by atoms with van der Waals surface area (Å²) in [6, 6.07) is 12.1. The Hall–Kier alpha value is -3.48. The van der Waals surface area contributed by atoms with E-state index >= 15 is 0 Å². The van der Waals surface area contributed by atoms with E-state index in [0.29, 0.717) is 35.7 Å². The van der Waals surface area contributed by atoms with Gasteiger partial charge in [-0.3, -0.25) is 4.79 Å². The minimum absolute atomic E-state index is 0.153. The molecule has 2 aromatic heterocycles. The zero-order valence-corrected chi connectivity index (χ0v) is 16.8. The van der Waals surface area contributed by atoms with E-state index in [4.69, 9.17) is 4.42 Å². The van der Waals surface area contributed by atoms with E-state index < -0.39 is 0 Å². The molecule has 5 nitrogen and oxygen atoms in total. The number of rotatable bonds is 4. The Morgan fingerprint density at radius 2 is 1.90 bits per heavy atom. The molecule has 31 heavy (non-hydrogen) atoms. The van der Waals surface area contributed by atoms with Gasteiger partial charge < -0.3 is 14.3 Å². The summed E-state index contributed by atoms with van der Waals surface area (Å²) in [7, 11) is 0. The van der Waals surface area contributed by atoms with Gasteiger partial charge in [-0.15, -0.1) is 0 Å². The monoisotopic (exact) mass is 421 g/mol. The average Bonchev–Trinajstić information content (AvgIpc) is 3.41. The van der Waals surface area contributed by atoms with Crippen molar-refractivity contribution in [3.8, 4) is 0 Å². The molecule has 0 aliphatic carbocycles. The molecule has 0 radical (unpaired) electrons. The number of halogens is 2. The van der Waals surface area contributed by atoms with Gasteiger partial charge in [-0.2, -0.15) is 0 Å². The van der Waals surface area contributed by atoms with Crippen molar-refractivity contribution in [3.05, 3.63) is 89.3 Å². The average molecular weight is 421 g/mol. The molecule has 4 aromatic rings. The van der Waals surface area contributed by atoms with E-state index in [1.54, 1.807) is 35.4 Å². The summed E-state index contributed by atoms with van der Waals surface area (Å²) in [5.41, 5.74) is 2.06. The molecule has 158 valence electrons. The molecule has 0 saturated carbocycles. The second-order valence-electron chi connectivity index (χ2n) is 7.89. The number of hydrogen-bond acceptors (Lipinski definition) is 3. The van der Waals surface area contributed by atoms with E-state index in [-0.39, 0.29) is 23.6 Å². The van der Waals surface area contributed by atoms with Crippen molar-refractivity contribution < 1.29 is 18.0 Å². The third-order valence-electron chi connectivity index (χ3n) is 5.72. The molecule has 1 aliphatic rings. The fraction of sp³-hybridized carbons (Fsp3) is 0.250. The largest absolute Gasteiger partial charge is 0.443 e. The van der Waals surface area contributed by atoms with Crippen molar-refractivity contribution in [3.63, 3.8) is 0 Å². The maximum Gasteiger partial charge on any atom is 0.270 e. The van der Waals surface area contributed by atoms with E-state index in [1.807, 2.05) is 0 Å². The van der Waals surface area contributed by atoms with Crippen LogP contribution < -0.4 is 0 Å². The van der Waals surface area contributed by atoms with Crippen LogP contribution in [0.2, 0.25) is 0 Å². The van der Waals surface area contributed by atoms with E-state index in [1.165, 1.54) is 24.3 Å². The summed E-state index contributed by atoms with van der Waals surface area (Å²) in [6.45, 7) is 0.600. The number of benzene rings is 2. The first kappa shape index (κ1) is 19.5. The summed E-state index contributed by atoms with van der Waals surface area (Å²) in [6.07, 6.45) is 4.81. The number of hydrogen-bond donors (Lipinski definition) is 1. The summed E-state index contributed by atoms with van der Waals surface area (Å²) in [4.78, 5) is 22.6. The van der Waals surface area contributed by atoms with E-state index in [2.05, 4.69) is 9.97 Å². The minimum atomic E-state index is -0.338. The Morgan fingerprint density at radius 1 is 1.10 bits per heavy atom. The second-order valence-corrected chi connectivity index (χ2v) is 7.89. The first-order chi connectivity index (χ1) is 15.1. The summed E-state index contributed by atoms with van der Waals surface area (Å²) in [5, 5.41) is 0.662. The summed E-state index contributed by atoms with van der Waals surface area (Å²) in [5.74, 6) is 0.403. The molecule has 1 N–H and O–H groups in total. The Labute approximate surface area is 177 Å². The molecule has 3 heterocycles. The molecule has 0 bridgehead atoms. The second kappa shape index (κ2) is 7.98. The highest BCUT2D eigenvalue weighted by Crippen LogP contribution is 2.32. The highest BCUT2D eigenvalue weighted by atomic mass is 19.1. The molecule has 1 aliphatic heterocycles. The first-order valence-electron chi connectivity index (χ1n) is 10.3. The van der Waals surface area contributed by atoms with Gasteiger partial charge in [0.2, 0.25) is 5.89 Å². The Balaban J connectivity index is 1.38. The molecule has 1 atom stereocenters.